The fourth-order valence-electron chi connectivity index (χ4n) is 8.44. The van der Waals surface area contributed by atoms with E-state index >= 15 is 0 Å². The molecule has 2 aliphatic rings. The molecule has 3 aromatic carbocycles. The first-order valence-electron chi connectivity index (χ1n) is 17.7. The fourth-order valence-corrected chi connectivity index (χ4v) is 8.44. The maximum atomic E-state index is 4.60. The summed E-state index contributed by atoms with van der Waals surface area (Å²) in [5, 5.41) is 3.68. The van der Waals surface area contributed by atoms with Crippen molar-refractivity contribution in [3.8, 4) is 33.9 Å². The molecule has 8 nitrogen and oxygen atoms in total. The summed E-state index contributed by atoms with van der Waals surface area (Å²) in [5.74, 6) is 1.53. The minimum absolute atomic E-state index is 0.725. The predicted molar refractivity (Wildman–Crippen MR) is 205 cm³/mol. The number of aryl methyl sites for hydroxylation is 2. The van der Waals surface area contributed by atoms with Gasteiger partial charge in [0.2, 0.25) is 0 Å². The third kappa shape index (κ3) is 4.40. The van der Waals surface area contributed by atoms with Gasteiger partial charge in [0.25, 0.3) is 0 Å². The summed E-state index contributed by atoms with van der Waals surface area (Å²) >= 11 is 0. The first-order chi connectivity index (χ1) is 25.8. The molecule has 0 saturated carbocycles. The van der Waals surface area contributed by atoms with E-state index in [4.69, 9.17) is 0 Å². The number of benzene rings is 3. The van der Waals surface area contributed by atoms with Crippen LogP contribution in [0.15, 0.2) is 128 Å². The summed E-state index contributed by atoms with van der Waals surface area (Å²) in [5.41, 5.74) is 15.8. The van der Waals surface area contributed by atoms with Gasteiger partial charge >= 0.3 is 0 Å². The van der Waals surface area contributed by atoms with Crippen LogP contribution in [-0.2, 0) is 19.3 Å². The molecule has 6 aromatic heterocycles. The van der Waals surface area contributed by atoms with E-state index in [0.717, 1.165) is 59.8 Å². The van der Waals surface area contributed by atoms with Gasteiger partial charge in [-0.2, -0.15) is 0 Å². The molecule has 0 spiro atoms. The number of rotatable bonds is 4. The van der Waals surface area contributed by atoms with Crippen LogP contribution in [0.25, 0.3) is 78.2 Å². The SMILES string of the molecule is C1=C(c2ncccn2)CCc2c1c1cc3c(cc1n2-c1ccncc1)-c1cc2c(cc1CC3)c1cc(-c3ncccn3)ccc1n2-c1ccncc1. The highest BCUT2D eigenvalue weighted by molar-refractivity contribution is 6.12. The zero-order valence-corrected chi connectivity index (χ0v) is 28.1. The lowest BCUT2D eigenvalue weighted by molar-refractivity contribution is 0.887. The van der Waals surface area contributed by atoms with Crippen LogP contribution in [0.4, 0.5) is 0 Å². The standard InChI is InChI=1S/C44H30N8/c1-13-47-43(48-14-1)29-5-7-39-35(23-29)37-21-27-3-4-28-22-38-36-24-30(44-49-15-2-16-50-44)6-8-40(36)52(32-11-19-46-20-12-32)42(38)26-34(28)33(27)25-41(37)51(39)31-9-17-45-18-10-31/h1-2,5,7,9-26H,3-4,6,8H2. The first kappa shape index (κ1) is 29.0. The summed E-state index contributed by atoms with van der Waals surface area (Å²) in [4.78, 5) is 27.0. The molecule has 246 valence electrons. The number of hydrogen-bond donors (Lipinski definition) is 0. The average molecular weight is 671 g/mol. The second-order valence-electron chi connectivity index (χ2n) is 13.5. The van der Waals surface area contributed by atoms with Crippen LogP contribution in [-0.4, -0.2) is 39.0 Å². The van der Waals surface area contributed by atoms with Crippen molar-refractivity contribution in [1.29, 1.82) is 0 Å². The van der Waals surface area contributed by atoms with Crippen molar-refractivity contribution in [2.24, 2.45) is 0 Å². The van der Waals surface area contributed by atoms with Crippen LogP contribution >= 0.6 is 0 Å². The highest BCUT2D eigenvalue weighted by Gasteiger charge is 2.27. The third-order valence-corrected chi connectivity index (χ3v) is 10.7. The van der Waals surface area contributed by atoms with Crippen LogP contribution in [0.2, 0.25) is 0 Å². The Bertz CT molecular complexity index is 2870. The molecule has 0 saturated heterocycles. The molecule has 0 bridgehead atoms. The topological polar surface area (TPSA) is 87.2 Å². The van der Waals surface area contributed by atoms with E-state index in [-0.39, 0.29) is 0 Å². The van der Waals surface area contributed by atoms with Crippen LogP contribution in [0.5, 0.6) is 0 Å². The van der Waals surface area contributed by atoms with Crippen molar-refractivity contribution in [2.75, 3.05) is 0 Å². The van der Waals surface area contributed by atoms with Gasteiger partial charge in [0.15, 0.2) is 11.6 Å². The highest BCUT2D eigenvalue weighted by Crippen LogP contribution is 2.45. The maximum Gasteiger partial charge on any atom is 0.159 e. The average Bonchev–Trinajstić information content (AvgIpc) is 3.71. The summed E-state index contributed by atoms with van der Waals surface area (Å²) in [6, 6.07) is 28.4. The Morgan fingerprint density at radius 3 is 1.71 bits per heavy atom. The molecule has 0 aliphatic heterocycles. The van der Waals surface area contributed by atoms with Gasteiger partial charge in [-0.25, -0.2) is 19.9 Å². The quantitative estimate of drug-likeness (QED) is 0.186. The Balaban J connectivity index is 1.16. The number of fused-ring (bicyclic) bond motifs is 9. The summed E-state index contributed by atoms with van der Waals surface area (Å²) in [6.07, 6.45) is 20.8. The Morgan fingerprint density at radius 1 is 0.462 bits per heavy atom. The molecule has 6 heterocycles. The highest BCUT2D eigenvalue weighted by atomic mass is 15.0. The summed E-state index contributed by atoms with van der Waals surface area (Å²) < 4.78 is 4.81. The number of hydrogen-bond acceptors (Lipinski definition) is 6. The molecule has 8 heteroatoms. The normalized spacial score (nSPS) is 13.6. The first-order valence-corrected chi connectivity index (χ1v) is 17.7. The van der Waals surface area contributed by atoms with Gasteiger partial charge in [0, 0.05) is 93.9 Å². The van der Waals surface area contributed by atoms with E-state index in [1.54, 1.807) is 12.4 Å². The molecule has 0 N–H and O–H groups in total. The van der Waals surface area contributed by atoms with Crippen molar-refractivity contribution in [3.63, 3.8) is 0 Å². The molecule has 0 unspecified atom stereocenters. The van der Waals surface area contributed by atoms with Crippen molar-refractivity contribution < 1.29 is 0 Å². The molecule has 0 radical (unpaired) electrons. The van der Waals surface area contributed by atoms with E-state index in [1.807, 2.05) is 49.3 Å². The van der Waals surface area contributed by atoms with Crippen LogP contribution in [0.3, 0.4) is 0 Å². The molecule has 0 amide bonds. The molecule has 0 fully saturated rings. The van der Waals surface area contributed by atoms with Crippen LogP contribution < -0.4 is 0 Å². The fraction of sp³-hybridized carbons (Fsp3) is 0.0909. The maximum absolute atomic E-state index is 4.60. The van der Waals surface area contributed by atoms with E-state index in [1.165, 1.54) is 66.3 Å². The monoisotopic (exact) mass is 670 g/mol. The Morgan fingerprint density at radius 2 is 1.04 bits per heavy atom. The lowest BCUT2D eigenvalue weighted by Crippen LogP contribution is -2.06. The van der Waals surface area contributed by atoms with Crippen molar-refractivity contribution in [3.05, 3.63) is 157 Å². The number of aromatic nitrogens is 8. The molecule has 11 rings (SSSR count). The predicted octanol–water partition coefficient (Wildman–Crippen LogP) is 9.02. The zero-order valence-electron chi connectivity index (χ0n) is 28.1. The Kier molecular flexibility index (Phi) is 6.33. The van der Waals surface area contributed by atoms with Crippen molar-refractivity contribution >= 4 is 44.4 Å². The summed E-state index contributed by atoms with van der Waals surface area (Å²) in [6.45, 7) is 0. The zero-order chi connectivity index (χ0) is 34.2. The molecule has 9 aromatic rings. The molecule has 52 heavy (non-hydrogen) atoms. The van der Waals surface area contributed by atoms with Gasteiger partial charge in [-0.1, -0.05) is 0 Å². The van der Waals surface area contributed by atoms with Gasteiger partial charge in [-0.3, -0.25) is 9.97 Å². The Labute approximate surface area is 298 Å². The van der Waals surface area contributed by atoms with E-state index in [0.29, 0.717) is 0 Å². The summed E-state index contributed by atoms with van der Waals surface area (Å²) in [7, 11) is 0. The second kappa shape index (κ2) is 11.4. The minimum Gasteiger partial charge on any atom is -0.313 e. The number of pyridine rings is 2. The Hall–Kier alpha value is -6.80. The van der Waals surface area contributed by atoms with Gasteiger partial charge in [0.1, 0.15) is 0 Å². The lowest BCUT2D eigenvalue weighted by Gasteiger charge is -2.21. The smallest absolute Gasteiger partial charge is 0.159 e. The second-order valence-corrected chi connectivity index (χ2v) is 13.5. The van der Waals surface area contributed by atoms with Gasteiger partial charge in [-0.15, -0.1) is 0 Å². The van der Waals surface area contributed by atoms with Crippen molar-refractivity contribution in [1.82, 2.24) is 39.0 Å². The lowest BCUT2D eigenvalue weighted by atomic mass is 9.83. The largest absolute Gasteiger partial charge is 0.313 e. The van der Waals surface area contributed by atoms with E-state index in [9.17, 15) is 0 Å². The molecule has 2 aliphatic carbocycles. The molecule has 0 atom stereocenters. The molecular weight excluding hydrogens is 641 g/mol. The van der Waals surface area contributed by atoms with Crippen molar-refractivity contribution in [2.45, 2.75) is 25.7 Å². The number of allylic oxidation sites excluding steroid dienone is 1. The van der Waals surface area contributed by atoms with Crippen LogP contribution in [0.1, 0.15) is 34.6 Å². The number of nitrogens with zero attached hydrogens (tertiary/aromatic N) is 8. The molecular formula is C44H30N8. The van der Waals surface area contributed by atoms with Gasteiger partial charge in [-0.05, 0) is 138 Å². The van der Waals surface area contributed by atoms with Gasteiger partial charge < -0.3 is 9.13 Å². The third-order valence-electron chi connectivity index (χ3n) is 10.7. The minimum atomic E-state index is 0.725. The van der Waals surface area contributed by atoms with E-state index < -0.39 is 0 Å². The van der Waals surface area contributed by atoms with E-state index in [2.05, 4.69) is 112 Å². The van der Waals surface area contributed by atoms with Gasteiger partial charge in [0.05, 0.1) is 16.6 Å². The van der Waals surface area contributed by atoms with Crippen LogP contribution in [0, 0.1) is 0 Å².